The summed E-state index contributed by atoms with van der Waals surface area (Å²) in [6.45, 7) is 4.91. The molecule has 0 atom stereocenters. The SMILES string of the molecule is CC(C)(C)OC(=O)Nc1cc(C(=O)O)c(I)cc1[N+](=O)[O-]. The summed E-state index contributed by atoms with van der Waals surface area (Å²) in [6, 6.07) is 2.11. The molecule has 21 heavy (non-hydrogen) atoms. The summed E-state index contributed by atoms with van der Waals surface area (Å²) in [5, 5.41) is 22.2. The van der Waals surface area contributed by atoms with Crippen molar-refractivity contribution in [2.75, 3.05) is 5.32 Å². The fourth-order valence-corrected chi connectivity index (χ4v) is 2.07. The zero-order chi connectivity index (χ0) is 16.4. The van der Waals surface area contributed by atoms with E-state index < -0.39 is 28.3 Å². The number of nitro benzene ring substituents is 1. The van der Waals surface area contributed by atoms with Gasteiger partial charge in [0.1, 0.15) is 11.3 Å². The third-order valence-electron chi connectivity index (χ3n) is 2.15. The number of hydrogen-bond acceptors (Lipinski definition) is 5. The van der Waals surface area contributed by atoms with Gasteiger partial charge in [-0.15, -0.1) is 0 Å². The number of carbonyl (C=O) groups is 2. The molecule has 1 aromatic rings. The van der Waals surface area contributed by atoms with Gasteiger partial charge in [-0.05, 0) is 49.4 Å². The number of carbonyl (C=O) groups excluding carboxylic acids is 1. The van der Waals surface area contributed by atoms with Crippen molar-refractivity contribution in [3.8, 4) is 0 Å². The average Bonchev–Trinajstić information content (AvgIpc) is 2.27. The van der Waals surface area contributed by atoms with Gasteiger partial charge in [0.15, 0.2) is 0 Å². The molecule has 0 aliphatic rings. The Hall–Kier alpha value is -1.91. The van der Waals surface area contributed by atoms with E-state index in [-0.39, 0.29) is 14.8 Å². The van der Waals surface area contributed by atoms with Crippen LogP contribution >= 0.6 is 22.6 Å². The molecule has 0 aliphatic carbocycles. The molecule has 0 aromatic heterocycles. The van der Waals surface area contributed by atoms with Crippen molar-refractivity contribution in [1.82, 2.24) is 0 Å². The number of aromatic carboxylic acids is 1. The number of carboxylic acid groups (broad SMARTS) is 1. The maximum absolute atomic E-state index is 11.7. The van der Waals surface area contributed by atoms with Crippen molar-refractivity contribution in [1.29, 1.82) is 0 Å². The largest absolute Gasteiger partial charge is 0.478 e. The zero-order valence-corrected chi connectivity index (χ0v) is 13.6. The second-order valence-corrected chi connectivity index (χ2v) is 6.20. The summed E-state index contributed by atoms with van der Waals surface area (Å²) in [5.74, 6) is -1.25. The Bertz CT molecular complexity index is 609. The maximum atomic E-state index is 11.7. The smallest absolute Gasteiger partial charge is 0.412 e. The lowest BCUT2D eigenvalue weighted by atomic mass is 10.1. The van der Waals surface area contributed by atoms with Crippen LogP contribution in [-0.2, 0) is 4.74 Å². The summed E-state index contributed by atoms with van der Waals surface area (Å²) in [6.07, 6.45) is -0.900. The first-order valence-corrected chi connectivity index (χ1v) is 6.80. The van der Waals surface area contributed by atoms with Crippen molar-refractivity contribution < 1.29 is 24.4 Å². The van der Waals surface area contributed by atoms with E-state index in [0.29, 0.717) is 0 Å². The molecular formula is C12H13IN2O6. The van der Waals surface area contributed by atoms with E-state index in [9.17, 15) is 19.7 Å². The maximum Gasteiger partial charge on any atom is 0.412 e. The Labute approximate surface area is 133 Å². The quantitative estimate of drug-likeness (QED) is 0.450. The summed E-state index contributed by atoms with van der Waals surface area (Å²) in [5.41, 5.74) is -1.56. The van der Waals surface area contributed by atoms with Gasteiger partial charge >= 0.3 is 12.1 Å². The number of benzene rings is 1. The highest BCUT2D eigenvalue weighted by Crippen LogP contribution is 2.30. The Morgan fingerprint density at radius 3 is 2.38 bits per heavy atom. The van der Waals surface area contributed by atoms with Gasteiger partial charge in [0, 0.05) is 9.64 Å². The summed E-state index contributed by atoms with van der Waals surface area (Å²) in [7, 11) is 0. The van der Waals surface area contributed by atoms with Gasteiger partial charge in [-0.2, -0.15) is 0 Å². The molecule has 1 aromatic carbocycles. The van der Waals surface area contributed by atoms with Crippen LogP contribution in [0.5, 0.6) is 0 Å². The lowest BCUT2D eigenvalue weighted by Crippen LogP contribution is -2.27. The van der Waals surface area contributed by atoms with Crippen LogP contribution in [0, 0.1) is 13.7 Å². The first-order valence-electron chi connectivity index (χ1n) is 5.72. The van der Waals surface area contributed by atoms with Crippen LogP contribution < -0.4 is 5.32 Å². The number of rotatable bonds is 3. The van der Waals surface area contributed by atoms with Crippen LogP contribution in [0.1, 0.15) is 31.1 Å². The molecule has 1 rings (SSSR count). The fourth-order valence-electron chi connectivity index (χ4n) is 1.39. The van der Waals surface area contributed by atoms with Crippen LogP contribution in [0.4, 0.5) is 16.2 Å². The third kappa shape index (κ3) is 4.85. The van der Waals surface area contributed by atoms with Gasteiger partial charge in [-0.25, -0.2) is 9.59 Å². The molecule has 0 fully saturated rings. The van der Waals surface area contributed by atoms with Crippen LogP contribution in [0.2, 0.25) is 0 Å². The zero-order valence-electron chi connectivity index (χ0n) is 11.5. The molecule has 0 radical (unpaired) electrons. The van der Waals surface area contributed by atoms with Gasteiger partial charge in [0.2, 0.25) is 0 Å². The van der Waals surface area contributed by atoms with Crippen molar-refractivity contribution in [3.63, 3.8) is 0 Å². The van der Waals surface area contributed by atoms with E-state index in [1.165, 1.54) is 0 Å². The highest BCUT2D eigenvalue weighted by molar-refractivity contribution is 14.1. The minimum absolute atomic E-state index is 0.146. The molecule has 1 amide bonds. The number of ether oxygens (including phenoxy) is 1. The van der Waals surface area contributed by atoms with E-state index in [2.05, 4.69) is 5.32 Å². The molecule has 0 saturated heterocycles. The number of halogens is 1. The molecule has 114 valence electrons. The Morgan fingerprint density at radius 2 is 1.95 bits per heavy atom. The predicted molar refractivity (Wildman–Crippen MR) is 82.6 cm³/mol. The van der Waals surface area contributed by atoms with Crippen molar-refractivity contribution >= 4 is 46.0 Å². The van der Waals surface area contributed by atoms with Gasteiger partial charge in [0.25, 0.3) is 5.69 Å². The van der Waals surface area contributed by atoms with Crippen LogP contribution in [0.15, 0.2) is 12.1 Å². The van der Waals surface area contributed by atoms with Crippen LogP contribution in [0.3, 0.4) is 0 Å². The number of nitrogens with one attached hydrogen (secondary N) is 1. The second kappa shape index (κ2) is 6.24. The topological polar surface area (TPSA) is 119 Å². The van der Waals surface area contributed by atoms with Crippen molar-refractivity contribution in [3.05, 3.63) is 31.4 Å². The molecule has 0 aliphatic heterocycles. The molecule has 0 saturated carbocycles. The second-order valence-electron chi connectivity index (χ2n) is 5.04. The first-order chi connectivity index (χ1) is 9.51. The standard InChI is InChI=1S/C12H13IN2O6/c1-12(2,3)21-11(18)14-8-4-6(10(16)17)7(13)5-9(8)15(19)20/h4-5H,1-3H3,(H,14,18)(H,16,17). The third-order valence-corrected chi connectivity index (χ3v) is 3.04. The fraction of sp³-hybridized carbons (Fsp3) is 0.333. The monoisotopic (exact) mass is 408 g/mol. The molecule has 9 heteroatoms. The van der Waals surface area contributed by atoms with E-state index in [0.717, 1.165) is 12.1 Å². The number of amides is 1. The minimum Gasteiger partial charge on any atom is -0.478 e. The molecular weight excluding hydrogens is 395 g/mol. The number of nitrogens with zero attached hydrogens (tertiary/aromatic N) is 1. The molecule has 0 heterocycles. The minimum atomic E-state index is -1.25. The van der Waals surface area contributed by atoms with Crippen molar-refractivity contribution in [2.24, 2.45) is 0 Å². The van der Waals surface area contributed by atoms with Gasteiger partial charge in [-0.1, -0.05) is 0 Å². The van der Waals surface area contributed by atoms with Crippen LogP contribution in [0.25, 0.3) is 0 Å². The normalized spacial score (nSPS) is 10.9. The Morgan fingerprint density at radius 1 is 1.38 bits per heavy atom. The number of anilines is 1. The number of carboxylic acids is 1. The summed E-state index contributed by atoms with van der Waals surface area (Å²) < 4.78 is 5.18. The van der Waals surface area contributed by atoms with E-state index in [4.69, 9.17) is 9.84 Å². The van der Waals surface area contributed by atoms with Gasteiger partial charge in [0.05, 0.1) is 10.5 Å². The van der Waals surface area contributed by atoms with Gasteiger partial charge in [-0.3, -0.25) is 15.4 Å². The highest BCUT2D eigenvalue weighted by Gasteiger charge is 2.24. The lowest BCUT2D eigenvalue weighted by molar-refractivity contribution is -0.384. The van der Waals surface area contributed by atoms with Gasteiger partial charge < -0.3 is 9.84 Å². The number of nitro groups is 1. The molecule has 0 spiro atoms. The first kappa shape index (κ1) is 17.1. The number of hydrogen-bond donors (Lipinski definition) is 2. The van der Waals surface area contributed by atoms with E-state index in [1.807, 2.05) is 0 Å². The molecule has 8 nitrogen and oxygen atoms in total. The lowest BCUT2D eigenvalue weighted by Gasteiger charge is -2.19. The average molecular weight is 408 g/mol. The Kier molecular flexibility index (Phi) is 5.10. The molecule has 0 unspecified atom stereocenters. The van der Waals surface area contributed by atoms with Crippen molar-refractivity contribution in [2.45, 2.75) is 26.4 Å². The summed E-state index contributed by atoms with van der Waals surface area (Å²) in [4.78, 5) is 33.0. The summed E-state index contributed by atoms with van der Waals surface area (Å²) >= 11 is 1.68. The Balaban J connectivity index is 3.20. The van der Waals surface area contributed by atoms with Crippen LogP contribution in [-0.4, -0.2) is 27.7 Å². The van der Waals surface area contributed by atoms with E-state index >= 15 is 0 Å². The predicted octanol–water partition coefficient (Wildman–Crippen LogP) is 3.24. The molecule has 2 N–H and O–H groups in total. The molecule has 0 bridgehead atoms. The highest BCUT2D eigenvalue weighted by atomic mass is 127. The van der Waals surface area contributed by atoms with E-state index in [1.54, 1.807) is 43.4 Å².